The lowest BCUT2D eigenvalue weighted by atomic mass is 9.97. The number of hydrazine groups is 1. The summed E-state index contributed by atoms with van der Waals surface area (Å²) in [7, 11) is 4.04. The van der Waals surface area contributed by atoms with Crippen molar-refractivity contribution in [3.05, 3.63) is 0 Å². The Morgan fingerprint density at radius 2 is 2.08 bits per heavy atom. The minimum atomic E-state index is 0.884. The Balaban J connectivity index is 2.05. The van der Waals surface area contributed by atoms with Crippen LogP contribution >= 0.6 is 0 Å². The Kier molecular flexibility index (Phi) is 4.58. The molecule has 72 valence electrons. The first-order valence-corrected chi connectivity index (χ1v) is 4.79. The van der Waals surface area contributed by atoms with Gasteiger partial charge in [-0.25, -0.2) is 5.01 Å². The number of nitrogens with zero attached hydrogens (tertiary/aromatic N) is 1. The molecule has 1 rings (SSSR count). The van der Waals surface area contributed by atoms with Crippen molar-refractivity contribution in [3.8, 4) is 0 Å². The van der Waals surface area contributed by atoms with Gasteiger partial charge in [0.05, 0.1) is 0 Å². The van der Waals surface area contributed by atoms with E-state index in [9.17, 15) is 0 Å². The second-order valence-corrected chi connectivity index (χ2v) is 3.49. The van der Waals surface area contributed by atoms with Crippen molar-refractivity contribution in [3.63, 3.8) is 0 Å². The molecule has 3 heteroatoms. The third-order valence-electron chi connectivity index (χ3n) is 2.60. The molecule has 0 atom stereocenters. The highest BCUT2D eigenvalue weighted by molar-refractivity contribution is 4.64. The fourth-order valence-corrected chi connectivity index (χ4v) is 1.52. The molecule has 0 aromatic rings. The zero-order valence-corrected chi connectivity index (χ0v) is 8.18. The van der Waals surface area contributed by atoms with E-state index in [0.717, 1.165) is 25.7 Å². The molecule has 1 aliphatic rings. The molecule has 3 nitrogen and oxygen atoms in total. The van der Waals surface area contributed by atoms with E-state index in [1.54, 1.807) is 0 Å². The minimum absolute atomic E-state index is 0.884. The van der Waals surface area contributed by atoms with Gasteiger partial charge in [-0.3, -0.25) is 5.43 Å². The first-order chi connectivity index (χ1) is 5.83. The van der Waals surface area contributed by atoms with E-state index in [4.69, 9.17) is 4.74 Å². The van der Waals surface area contributed by atoms with Gasteiger partial charge in [0, 0.05) is 26.8 Å². The van der Waals surface area contributed by atoms with Crippen molar-refractivity contribution in [1.29, 1.82) is 0 Å². The van der Waals surface area contributed by atoms with E-state index in [0.29, 0.717) is 0 Å². The molecule has 0 radical (unpaired) electrons. The Bertz CT molecular complexity index is 113. The van der Waals surface area contributed by atoms with Gasteiger partial charge in [-0.15, -0.1) is 0 Å². The fourth-order valence-electron chi connectivity index (χ4n) is 1.52. The SMILES string of the molecule is CNN(C)CCC1CCOCC1. The average molecular weight is 172 g/mol. The highest BCUT2D eigenvalue weighted by Gasteiger charge is 2.13. The zero-order valence-electron chi connectivity index (χ0n) is 8.18. The van der Waals surface area contributed by atoms with Gasteiger partial charge in [-0.05, 0) is 32.2 Å². The Labute approximate surface area is 75.0 Å². The van der Waals surface area contributed by atoms with Crippen LogP contribution in [0.3, 0.4) is 0 Å². The standard InChI is InChI=1S/C9H20N2O/c1-10-11(2)6-3-9-4-7-12-8-5-9/h9-10H,3-8H2,1-2H3. The topological polar surface area (TPSA) is 24.5 Å². The quantitative estimate of drug-likeness (QED) is 0.637. The molecular weight excluding hydrogens is 152 g/mol. The molecule has 0 aliphatic carbocycles. The van der Waals surface area contributed by atoms with Crippen LogP contribution in [-0.4, -0.2) is 38.9 Å². The summed E-state index contributed by atoms with van der Waals surface area (Å²) in [6.45, 7) is 3.07. The van der Waals surface area contributed by atoms with E-state index in [1.165, 1.54) is 19.3 Å². The van der Waals surface area contributed by atoms with Crippen LogP contribution in [0, 0.1) is 5.92 Å². The number of ether oxygens (including phenoxy) is 1. The average Bonchev–Trinajstić information content (AvgIpc) is 2.16. The van der Waals surface area contributed by atoms with Crippen LogP contribution in [0.2, 0.25) is 0 Å². The summed E-state index contributed by atoms with van der Waals surface area (Å²) in [6, 6.07) is 0. The second kappa shape index (κ2) is 5.51. The maximum absolute atomic E-state index is 5.30. The Morgan fingerprint density at radius 3 is 2.67 bits per heavy atom. The summed E-state index contributed by atoms with van der Waals surface area (Å²) in [5, 5.41) is 2.13. The van der Waals surface area contributed by atoms with Gasteiger partial charge in [0.25, 0.3) is 0 Å². The van der Waals surface area contributed by atoms with Crippen molar-refractivity contribution < 1.29 is 4.74 Å². The third-order valence-corrected chi connectivity index (χ3v) is 2.60. The summed E-state index contributed by atoms with van der Waals surface area (Å²) in [5.41, 5.74) is 3.11. The molecule has 0 aromatic heterocycles. The maximum Gasteiger partial charge on any atom is 0.0468 e. The van der Waals surface area contributed by atoms with Gasteiger partial charge in [0.2, 0.25) is 0 Å². The lowest BCUT2D eigenvalue weighted by Crippen LogP contribution is -2.33. The molecular formula is C9H20N2O. The maximum atomic E-state index is 5.30. The third kappa shape index (κ3) is 3.52. The van der Waals surface area contributed by atoms with E-state index in [2.05, 4.69) is 17.5 Å². The first kappa shape index (κ1) is 9.96. The van der Waals surface area contributed by atoms with Crippen LogP contribution in [0.5, 0.6) is 0 Å². The lowest BCUT2D eigenvalue weighted by molar-refractivity contribution is 0.0595. The predicted molar refractivity (Wildman–Crippen MR) is 49.8 cm³/mol. The van der Waals surface area contributed by atoms with E-state index in [1.807, 2.05) is 7.05 Å². The fraction of sp³-hybridized carbons (Fsp3) is 1.00. The smallest absolute Gasteiger partial charge is 0.0468 e. The number of rotatable bonds is 4. The van der Waals surface area contributed by atoms with Crippen LogP contribution in [0.25, 0.3) is 0 Å². The summed E-state index contributed by atoms with van der Waals surface area (Å²) in [6.07, 6.45) is 3.79. The summed E-state index contributed by atoms with van der Waals surface area (Å²) in [4.78, 5) is 0. The summed E-state index contributed by atoms with van der Waals surface area (Å²) in [5.74, 6) is 0.884. The van der Waals surface area contributed by atoms with Crippen LogP contribution in [-0.2, 0) is 4.74 Å². The summed E-state index contributed by atoms with van der Waals surface area (Å²) >= 11 is 0. The second-order valence-electron chi connectivity index (χ2n) is 3.49. The van der Waals surface area contributed by atoms with Crippen LogP contribution < -0.4 is 5.43 Å². The highest BCUT2D eigenvalue weighted by Crippen LogP contribution is 2.17. The number of nitrogens with one attached hydrogen (secondary N) is 1. The monoisotopic (exact) mass is 172 g/mol. The van der Waals surface area contributed by atoms with Gasteiger partial charge in [0.15, 0.2) is 0 Å². The number of hydrogen-bond acceptors (Lipinski definition) is 3. The van der Waals surface area contributed by atoms with Gasteiger partial charge in [-0.1, -0.05) is 0 Å². The van der Waals surface area contributed by atoms with E-state index in [-0.39, 0.29) is 0 Å². The molecule has 12 heavy (non-hydrogen) atoms. The molecule has 0 saturated carbocycles. The Morgan fingerprint density at radius 1 is 1.42 bits per heavy atom. The molecule has 0 spiro atoms. The first-order valence-electron chi connectivity index (χ1n) is 4.79. The summed E-state index contributed by atoms with van der Waals surface area (Å²) < 4.78 is 5.30. The molecule has 1 N–H and O–H groups in total. The van der Waals surface area contributed by atoms with Crippen molar-refractivity contribution in [2.24, 2.45) is 5.92 Å². The highest BCUT2D eigenvalue weighted by atomic mass is 16.5. The molecule has 0 amide bonds. The molecule has 0 bridgehead atoms. The van der Waals surface area contributed by atoms with Crippen molar-refractivity contribution >= 4 is 0 Å². The van der Waals surface area contributed by atoms with Gasteiger partial charge < -0.3 is 4.74 Å². The molecule has 1 fully saturated rings. The van der Waals surface area contributed by atoms with E-state index >= 15 is 0 Å². The molecule has 0 aromatic carbocycles. The van der Waals surface area contributed by atoms with E-state index < -0.39 is 0 Å². The Hall–Kier alpha value is -0.120. The molecule has 1 heterocycles. The van der Waals surface area contributed by atoms with Gasteiger partial charge in [0.1, 0.15) is 0 Å². The zero-order chi connectivity index (χ0) is 8.81. The van der Waals surface area contributed by atoms with Crippen LogP contribution in [0.4, 0.5) is 0 Å². The van der Waals surface area contributed by atoms with Gasteiger partial charge in [-0.2, -0.15) is 0 Å². The predicted octanol–water partition coefficient (Wildman–Crippen LogP) is 0.869. The van der Waals surface area contributed by atoms with Crippen LogP contribution in [0.1, 0.15) is 19.3 Å². The lowest BCUT2D eigenvalue weighted by Gasteiger charge is -2.24. The van der Waals surface area contributed by atoms with Crippen molar-refractivity contribution in [2.45, 2.75) is 19.3 Å². The molecule has 1 saturated heterocycles. The van der Waals surface area contributed by atoms with Crippen molar-refractivity contribution in [1.82, 2.24) is 10.4 Å². The number of hydrogen-bond donors (Lipinski definition) is 1. The normalized spacial score (nSPS) is 20.2. The largest absolute Gasteiger partial charge is 0.381 e. The minimum Gasteiger partial charge on any atom is -0.381 e. The van der Waals surface area contributed by atoms with Gasteiger partial charge >= 0.3 is 0 Å². The molecule has 1 aliphatic heterocycles. The molecule has 0 unspecified atom stereocenters. The van der Waals surface area contributed by atoms with Crippen molar-refractivity contribution in [2.75, 3.05) is 33.9 Å². The van der Waals surface area contributed by atoms with Crippen LogP contribution in [0.15, 0.2) is 0 Å².